The molecule has 0 fully saturated rings. The second-order valence-corrected chi connectivity index (χ2v) is 4.77. The van der Waals surface area contributed by atoms with E-state index >= 15 is 0 Å². The highest BCUT2D eigenvalue weighted by Crippen LogP contribution is 2.29. The van der Waals surface area contributed by atoms with Crippen molar-refractivity contribution in [3.05, 3.63) is 28.8 Å². The number of hydrogen-bond donors (Lipinski definition) is 2. The van der Waals surface area contributed by atoms with Crippen molar-refractivity contribution in [3.8, 4) is 5.75 Å². The number of rotatable bonds is 5. The molecule has 0 radical (unpaired) electrons. The number of nitrogens with two attached hydrogens (primary N) is 2. The molecule has 0 amide bonds. The van der Waals surface area contributed by atoms with Crippen LogP contribution < -0.4 is 16.2 Å². The molecule has 0 aliphatic heterocycles. The number of methoxy groups -OCH3 is 1. The Labute approximate surface area is 104 Å². The van der Waals surface area contributed by atoms with Gasteiger partial charge in [-0.05, 0) is 49.4 Å². The van der Waals surface area contributed by atoms with Gasteiger partial charge in [-0.3, -0.25) is 0 Å². The van der Waals surface area contributed by atoms with Gasteiger partial charge in [0.25, 0.3) is 0 Å². The summed E-state index contributed by atoms with van der Waals surface area (Å²) in [5.41, 5.74) is 15.3. The van der Waals surface area contributed by atoms with Crippen LogP contribution in [0.25, 0.3) is 0 Å². The summed E-state index contributed by atoms with van der Waals surface area (Å²) in [7, 11) is 1.70. The molecule has 3 nitrogen and oxygen atoms in total. The Morgan fingerprint density at radius 2 is 1.76 bits per heavy atom. The summed E-state index contributed by atoms with van der Waals surface area (Å²) in [6.07, 6.45) is 0.950. The van der Waals surface area contributed by atoms with Crippen molar-refractivity contribution in [2.45, 2.75) is 33.2 Å². The van der Waals surface area contributed by atoms with E-state index in [0.29, 0.717) is 12.5 Å². The highest BCUT2D eigenvalue weighted by molar-refractivity contribution is 5.44. The maximum atomic E-state index is 6.26. The molecule has 0 heterocycles. The van der Waals surface area contributed by atoms with Crippen molar-refractivity contribution in [3.63, 3.8) is 0 Å². The van der Waals surface area contributed by atoms with Gasteiger partial charge in [-0.2, -0.15) is 0 Å². The Bertz CT molecular complexity index is 353. The first kappa shape index (κ1) is 14.0. The summed E-state index contributed by atoms with van der Waals surface area (Å²) in [4.78, 5) is 0. The molecular formula is C14H24N2O. The van der Waals surface area contributed by atoms with Crippen LogP contribution in [-0.2, 0) is 0 Å². The Kier molecular flexibility index (Phi) is 4.97. The first-order valence-corrected chi connectivity index (χ1v) is 6.12. The average molecular weight is 236 g/mol. The van der Waals surface area contributed by atoms with Crippen LogP contribution in [0.1, 0.15) is 36.1 Å². The average Bonchev–Trinajstić information content (AvgIpc) is 2.27. The van der Waals surface area contributed by atoms with Gasteiger partial charge in [0.05, 0.1) is 7.11 Å². The maximum absolute atomic E-state index is 6.26. The van der Waals surface area contributed by atoms with Crippen LogP contribution in [0.15, 0.2) is 12.1 Å². The minimum absolute atomic E-state index is 0.0434. The van der Waals surface area contributed by atoms with E-state index in [0.717, 1.165) is 23.3 Å². The van der Waals surface area contributed by atoms with Crippen molar-refractivity contribution in [2.75, 3.05) is 13.7 Å². The summed E-state index contributed by atoms with van der Waals surface area (Å²) in [6, 6.07) is 4.27. The number of ether oxygens (including phenoxy) is 1. The van der Waals surface area contributed by atoms with Gasteiger partial charge >= 0.3 is 0 Å². The lowest BCUT2D eigenvalue weighted by Crippen LogP contribution is -2.21. The SMILES string of the molecule is COc1c(C)cc(C(N)C(C)CCN)cc1C. The monoisotopic (exact) mass is 236 g/mol. The Morgan fingerprint density at radius 1 is 1.24 bits per heavy atom. The molecule has 0 saturated carbocycles. The summed E-state index contributed by atoms with van der Waals surface area (Å²) in [5.74, 6) is 1.35. The zero-order valence-electron chi connectivity index (χ0n) is 11.3. The topological polar surface area (TPSA) is 61.3 Å². The van der Waals surface area contributed by atoms with Crippen LogP contribution in [0.5, 0.6) is 5.75 Å². The minimum atomic E-state index is 0.0434. The molecule has 1 rings (SSSR count). The van der Waals surface area contributed by atoms with E-state index in [1.807, 2.05) is 0 Å². The highest BCUT2D eigenvalue weighted by Gasteiger charge is 2.16. The number of aryl methyl sites for hydroxylation is 2. The van der Waals surface area contributed by atoms with Crippen molar-refractivity contribution < 1.29 is 4.74 Å². The number of benzene rings is 1. The molecular weight excluding hydrogens is 212 g/mol. The van der Waals surface area contributed by atoms with Gasteiger partial charge in [-0.1, -0.05) is 19.1 Å². The molecule has 0 saturated heterocycles. The quantitative estimate of drug-likeness (QED) is 0.824. The maximum Gasteiger partial charge on any atom is 0.124 e. The third-order valence-corrected chi connectivity index (χ3v) is 3.31. The molecule has 1 aromatic carbocycles. The third kappa shape index (κ3) is 3.20. The zero-order chi connectivity index (χ0) is 13.0. The van der Waals surface area contributed by atoms with Gasteiger partial charge in [-0.15, -0.1) is 0 Å². The van der Waals surface area contributed by atoms with Gasteiger partial charge < -0.3 is 16.2 Å². The summed E-state index contributed by atoms with van der Waals surface area (Å²) in [5, 5.41) is 0. The van der Waals surface area contributed by atoms with E-state index in [9.17, 15) is 0 Å². The van der Waals surface area contributed by atoms with E-state index in [-0.39, 0.29) is 6.04 Å². The van der Waals surface area contributed by atoms with E-state index in [1.165, 1.54) is 5.56 Å². The summed E-state index contributed by atoms with van der Waals surface area (Å²) >= 11 is 0. The standard InChI is InChI=1S/C14H24N2O/c1-9(5-6-15)13(16)12-7-10(2)14(17-4)11(3)8-12/h7-9,13H,5-6,15-16H2,1-4H3. The van der Waals surface area contributed by atoms with Crippen LogP contribution in [0.2, 0.25) is 0 Å². The second kappa shape index (κ2) is 6.03. The van der Waals surface area contributed by atoms with Gasteiger partial charge in [0.2, 0.25) is 0 Å². The fourth-order valence-corrected chi connectivity index (χ4v) is 2.27. The molecule has 0 spiro atoms. The molecule has 0 aliphatic rings. The first-order valence-electron chi connectivity index (χ1n) is 6.12. The lowest BCUT2D eigenvalue weighted by Gasteiger charge is -2.21. The molecule has 3 heteroatoms. The Balaban J connectivity index is 2.99. The fourth-order valence-electron chi connectivity index (χ4n) is 2.27. The highest BCUT2D eigenvalue weighted by atomic mass is 16.5. The van der Waals surface area contributed by atoms with Gasteiger partial charge in [0.15, 0.2) is 0 Å². The molecule has 17 heavy (non-hydrogen) atoms. The molecule has 0 aliphatic carbocycles. The van der Waals surface area contributed by atoms with Crippen LogP contribution in [-0.4, -0.2) is 13.7 Å². The van der Waals surface area contributed by atoms with Crippen LogP contribution in [0, 0.1) is 19.8 Å². The molecule has 96 valence electrons. The van der Waals surface area contributed by atoms with Crippen molar-refractivity contribution in [1.82, 2.24) is 0 Å². The van der Waals surface area contributed by atoms with Gasteiger partial charge in [0.1, 0.15) is 5.75 Å². The normalized spacial score (nSPS) is 14.5. The molecule has 2 atom stereocenters. The van der Waals surface area contributed by atoms with E-state index in [4.69, 9.17) is 16.2 Å². The smallest absolute Gasteiger partial charge is 0.124 e. The molecule has 0 bridgehead atoms. The van der Waals surface area contributed by atoms with E-state index < -0.39 is 0 Å². The Hall–Kier alpha value is -1.06. The third-order valence-electron chi connectivity index (χ3n) is 3.31. The Morgan fingerprint density at radius 3 is 2.18 bits per heavy atom. The van der Waals surface area contributed by atoms with Crippen molar-refractivity contribution in [1.29, 1.82) is 0 Å². The predicted molar refractivity (Wildman–Crippen MR) is 72.2 cm³/mol. The molecule has 2 unspecified atom stereocenters. The zero-order valence-corrected chi connectivity index (χ0v) is 11.3. The summed E-state index contributed by atoms with van der Waals surface area (Å²) < 4.78 is 5.36. The molecule has 4 N–H and O–H groups in total. The van der Waals surface area contributed by atoms with Gasteiger partial charge in [-0.25, -0.2) is 0 Å². The lowest BCUT2D eigenvalue weighted by atomic mass is 9.90. The summed E-state index contributed by atoms with van der Waals surface area (Å²) in [6.45, 7) is 6.93. The minimum Gasteiger partial charge on any atom is -0.496 e. The fraction of sp³-hybridized carbons (Fsp3) is 0.571. The van der Waals surface area contributed by atoms with Crippen molar-refractivity contribution in [2.24, 2.45) is 17.4 Å². The largest absolute Gasteiger partial charge is 0.496 e. The number of hydrogen-bond acceptors (Lipinski definition) is 3. The molecule has 1 aromatic rings. The molecule has 0 aromatic heterocycles. The first-order chi connectivity index (χ1) is 8.01. The second-order valence-electron chi connectivity index (χ2n) is 4.77. The lowest BCUT2D eigenvalue weighted by molar-refractivity contribution is 0.406. The van der Waals surface area contributed by atoms with Crippen LogP contribution in [0.3, 0.4) is 0 Å². The predicted octanol–water partition coefficient (Wildman–Crippen LogP) is 2.30. The van der Waals surface area contributed by atoms with Crippen LogP contribution in [0.4, 0.5) is 0 Å². The van der Waals surface area contributed by atoms with E-state index in [2.05, 4.69) is 32.9 Å². The van der Waals surface area contributed by atoms with E-state index in [1.54, 1.807) is 7.11 Å². The van der Waals surface area contributed by atoms with Crippen LogP contribution >= 0.6 is 0 Å². The van der Waals surface area contributed by atoms with Crippen molar-refractivity contribution >= 4 is 0 Å². The van der Waals surface area contributed by atoms with Gasteiger partial charge in [0, 0.05) is 6.04 Å².